The maximum absolute atomic E-state index is 6.14. The van der Waals surface area contributed by atoms with Crippen LogP contribution in [0.2, 0.25) is 5.02 Å². The minimum atomic E-state index is 0.297. The SMILES string of the molecule is Cc1cc2c(cc1C)N(Cc1ccc(Cl)cc1)C(CN1CCCC1CN1CCCC1)N2. The Labute approximate surface area is 192 Å². The molecule has 2 atom stereocenters. The summed E-state index contributed by atoms with van der Waals surface area (Å²) in [5, 5.41) is 4.67. The number of benzene rings is 2. The van der Waals surface area contributed by atoms with Crippen molar-refractivity contribution >= 4 is 23.0 Å². The molecule has 2 saturated heterocycles. The van der Waals surface area contributed by atoms with Crippen LogP contribution in [0.25, 0.3) is 0 Å². The maximum Gasteiger partial charge on any atom is 0.112 e. The molecular formula is C26H35ClN4. The summed E-state index contributed by atoms with van der Waals surface area (Å²) in [6.45, 7) is 11.4. The molecule has 2 aromatic rings. The number of halogens is 1. The summed E-state index contributed by atoms with van der Waals surface area (Å²) in [6.07, 6.45) is 5.71. The van der Waals surface area contributed by atoms with Gasteiger partial charge in [-0.05, 0) is 100 Å². The second-order valence-corrected chi connectivity index (χ2v) is 10.1. The van der Waals surface area contributed by atoms with Crippen molar-refractivity contribution in [2.75, 3.05) is 42.9 Å². The van der Waals surface area contributed by atoms with E-state index in [1.54, 1.807) is 0 Å². The zero-order valence-corrected chi connectivity index (χ0v) is 19.7. The van der Waals surface area contributed by atoms with E-state index in [1.165, 1.54) is 79.9 Å². The molecule has 0 radical (unpaired) electrons. The summed E-state index contributed by atoms with van der Waals surface area (Å²) >= 11 is 6.14. The van der Waals surface area contributed by atoms with Crippen LogP contribution in [0.4, 0.5) is 11.4 Å². The highest BCUT2D eigenvalue weighted by molar-refractivity contribution is 6.30. The van der Waals surface area contributed by atoms with Crippen molar-refractivity contribution in [1.29, 1.82) is 0 Å². The van der Waals surface area contributed by atoms with Crippen molar-refractivity contribution in [3.8, 4) is 0 Å². The molecule has 0 aromatic heterocycles. The molecular weight excluding hydrogens is 404 g/mol. The molecule has 1 N–H and O–H groups in total. The van der Waals surface area contributed by atoms with Gasteiger partial charge < -0.3 is 15.1 Å². The van der Waals surface area contributed by atoms with Crippen LogP contribution in [-0.2, 0) is 6.54 Å². The Hall–Kier alpha value is -1.75. The lowest BCUT2D eigenvalue weighted by Gasteiger charge is -2.34. The summed E-state index contributed by atoms with van der Waals surface area (Å²) in [5.74, 6) is 0. The fourth-order valence-electron chi connectivity index (χ4n) is 5.53. The Bertz CT molecular complexity index is 906. The Morgan fingerprint density at radius 2 is 1.68 bits per heavy atom. The summed E-state index contributed by atoms with van der Waals surface area (Å²) < 4.78 is 0. The molecule has 4 nitrogen and oxygen atoms in total. The van der Waals surface area contributed by atoms with Crippen LogP contribution in [0, 0.1) is 13.8 Å². The van der Waals surface area contributed by atoms with E-state index < -0.39 is 0 Å². The monoisotopic (exact) mass is 438 g/mol. The molecule has 2 unspecified atom stereocenters. The Balaban J connectivity index is 1.36. The van der Waals surface area contributed by atoms with Crippen LogP contribution >= 0.6 is 11.6 Å². The first-order chi connectivity index (χ1) is 15.1. The number of hydrogen-bond donors (Lipinski definition) is 1. The highest BCUT2D eigenvalue weighted by atomic mass is 35.5. The molecule has 0 bridgehead atoms. The van der Waals surface area contributed by atoms with Gasteiger partial charge in [0.25, 0.3) is 0 Å². The lowest BCUT2D eigenvalue weighted by molar-refractivity contribution is 0.185. The van der Waals surface area contributed by atoms with E-state index in [-0.39, 0.29) is 0 Å². The van der Waals surface area contributed by atoms with Gasteiger partial charge in [0.1, 0.15) is 6.17 Å². The predicted octanol–water partition coefficient (Wildman–Crippen LogP) is 5.28. The van der Waals surface area contributed by atoms with E-state index in [0.717, 1.165) is 18.1 Å². The van der Waals surface area contributed by atoms with Crippen LogP contribution in [0.1, 0.15) is 42.4 Å². The third-order valence-electron chi connectivity index (χ3n) is 7.46. The van der Waals surface area contributed by atoms with Gasteiger partial charge in [-0.1, -0.05) is 23.7 Å². The van der Waals surface area contributed by atoms with Gasteiger partial charge in [-0.2, -0.15) is 0 Å². The summed E-state index contributed by atoms with van der Waals surface area (Å²) in [6, 6.07) is 13.7. The van der Waals surface area contributed by atoms with Gasteiger partial charge >= 0.3 is 0 Å². The number of hydrogen-bond acceptors (Lipinski definition) is 4. The van der Waals surface area contributed by atoms with Gasteiger partial charge in [0, 0.05) is 30.7 Å². The average molecular weight is 439 g/mol. The molecule has 0 aliphatic carbocycles. The zero-order valence-electron chi connectivity index (χ0n) is 18.9. The van der Waals surface area contributed by atoms with Crippen molar-refractivity contribution in [2.45, 2.75) is 58.3 Å². The number of likely N-dealkylation sites (tertiary alicyclic amines) is 2. The molecule has 5 rings (SSSR count). The molecule has 0 amide bonds. The highest BCUT2D eigenvalue weighted by Gasteiger charge is 2.35. The van der Waals surface area contributed by atoms with Crippen molar-refractivity contribution in [3.63, 3.8) is 0 Å². The fraction of sp³-hybridized carbons (Fsp3) is 0.538. The van der Waals surface area contributed by atoms with Gasteiger partial charge in [-0.3, -0.25) is 4.90 Å². The second kappa shape index (κ2) is 9.01. The van der Waals surface area contributed by atoms with E-state index >= 15 is 0 Å². The lowest BCUT2D eigenvalue weighted by Crippen LogP contribution is -2.48. The second-order valence-electron chi connectivity index (χ2n) is 9.67. The molecule has 3 aliphatic heterocycles. The van der Waals surface area contributed by atoms with E-state index in [1.807, 2.05) is 12.1 Å². The number of fused-ring (bicyclic) bond motifs is 1. The standard InChI is InChI=1S/C26H35ClN4/c1-19-14-24-25(15-20(19)2)31(16-21-7-9-22(27)10-8-21)26(28-24)18-30-13-5-6-23(30)17-29-11-3-4-12-29/h7-10,14-15,23,26,28H,3-6,11-13,16-18H2,1-2H3. The quantitative estimate of drug-likeness (QED) is 0.662. The van der Waals surface area contributed by atoms with E-state index in [2.05, 4.69) is 58.1 Å². The maximum atomic E-state index is 6.14. The molecule has 2 fully saturated rings. The van der Waals surface area contributed by atoms with Crippen LogP contribution in [0.15, 0.2) is 36.4 Å². The van der Waals surface area contributed by atoms with Gasteiger partial charge in [-0.15, -0.1) is 0 Å². The summed E-state index contributed by atoms with van der Waals surface area (Å²) in [5.41, 5.74) is 6.62. The smallest absolute Gasteiger partial charge is 0.112 e. The first-order valence-electron chi connectivity index (χ1n) is 11.9. The van der Waals surface area contributed by atoms with Crippen LogP contribution < -0.4 is 10.2 Å². The molecule has 2 aromatic carbocycles. The molecule has 0 saturated carbocycles. The van der Waals surface area contributed by atoms with Crippen molar-refractivity contribution in [3.05, 3.63) is 58.1 Å². The number of nitrogens with zero attached hydrogens (tertiary/aromatic N) is 3. The molecule has 0 spiro atoms. The number of nitrogens with one attached hydrogen (secondary N) is 1. The lowest BCUT2D eigenvalue weighted by atomic mass is 10.1. The summed E-state index contributed by atoms with van der Waals surface area (Å²) in [7, 11) is 0. The molecule has 166 valence electrons. The van der Waals surface area contributed by atoms with Crippen LogP contribution in [0.5, 0.6) is 0 Å². The minimum absolute atomic E-state index is 0.297. The molecule has 3 aliphatic rings. The van der Waals surface area contributed by atoms with E-state index in [4.69, 9.17) is 11.6 Å². The third kappa shape index (κ3) is 4.57. The predicted molar refractivity (Wildman–Crippen MR) is 131 cm³/mol. The van der Waals surface area contributed by atoms with Crippen molar-refractivity contribution in [2.24, 2.45) is 0 Å². The number of anilines is 2. The van der Waals surface area contributed by atoms with E-state index in [9.17, 15) is 0 Å². The fourth-order valence-corrected chi connectivity index (χ4v) is 5.66. The van der Waals surface area contributed by atoms with Crippen LogP contribution in [0.3, 0.4) is 0 Å². The minimum Gasteiger partial charge on any atom is -0.362 e. The third-order valence-corrected chi connectivity index (χ3v) is 7.71. The molecule has 5 heteroatoms. The Morgan fingerprint density at radius 1 is 0.935 bits per heavy atom. The number of rotatable bonds is 6. The average Bonchev–Trinajstić information content (AvgIpc) is 3.48. The largest absolute Gasteiger partial charge is 0.362 e. The van der Waals surface area contributed by atoms with E-state index in [0.29, 0.717) is 12.2 Å². The first kappa shape index (κ1) is 21.1. The Kier molecular flexibility index (Phi) is 6.14. The van der Waals surface area contributed by atoms with Gasteiger partial charge in [0.15, 0.2) is 0 Å². The topological polar surface area (TPSA) is 21.8 Å². The number of aryl methyl sites for hydroxylation is 2. The van der Waals surface area contributed by atoms with Gasteiger partial charge in [0.2, 0.25) is 0 Å². The molecule has 3 heterocycles. The van der Waals surface area contributed by atoms with Crippen LogP contribution in [-0.4, -0.2) is 54.7 Å². The van der Waals surface area contributed by atoms with Crippen molar-refractivity contribution < 1.29 is 0 Å². The van der Waals surface area contributed by atoms with Crippen molar-refractivity contribution in [1.82, 2.24) is 9.80 Å². The zero-order chi connectivity index (χ0) is 21.4. The highest BCUT2D eigenvalue weighted by Crippen LogP contribution is 2.38. The normalized spacial score (nSPS) is 24.0. The summed E-state index contributed by atoms with van der Waals surface area (Å²) in [4.78, 5) is 7.99. The van der Waals surface area contributed by atoms with Gasteiger partial charge in [0.05, 0.1) is 11.4 Å². The first-order valence-corrected chi connectivity index (χ1v) is 12.3. The van der Waals surface area contributed by atoms with Gasteiger partial charge in [-0.25, -0.2) is 0 Å². The Morgan fingerprint density at radius 3 is 2.45 bits per heavy atom. The molecule has 31 heavy (non-hydrogen) atoms.